The number of aromatic hydroxyl groups is 1. The lowest BCUT2D eigenvalue weighted by molar-refractivity contribution is -0.137. The number of alkyl halides is 3. The van der Waals surface area contributed by atoms with Gasteiger partial charge in [0.15, 0.2) is 5.71 Å². The normalized spacial score (nSPS) is 13.9. The number of fused-ring (bicyclic) bond motifs is 1. The number of hydrazone groups is 1. The molecule has 10 heteroatoms. The summed E-state index contributed by atoms with van der Waals surface area (Å²) in [6, 6.07) is 19.7. The first-order valence-corrected chi connectivity index (χ1v) is 12.5. The van der Waals surface area contributed by atoms with Crippen molar-refractivity contribution >= 4 is 34.7 Å². The molecule has 4 aromatic carbocycles. The molecule has 1 aliphatic rings. The average molecular weight is 560 g/mol. The van der Waals surface area contributed by atoms with Gasteiger partial charge in [0.05, 0.1) is 35.3 Å². The first-order valence-electron chi connectivity index (χ1n) is 12.5. The van der Waals surface area contributed by atoms with Crippen LogP contribution >= 0.6 is 0 Å². The van der Waals surface area contributed by atoms with E-state index in [2.05, 4.69) is 10.5 Å². The molecule has 0 fully saturated rings. The number of halogens is 3. The molecule has 1 amide bonds. The van der Waals surface area contributed by atoms with Crippen LogP contribution < -0.4 is 10.3 Å². The largest absolute Gasteiger partial charge is 0.505 e. The SMILES string of the molecule is COC(=O)c1cccc(N2C(=O)C(=NNc3cc(C)cc(-c4cccc(C)c4)c3O)c3ccc(C(F)(F)F)cc32)c1. The second-order valence-corrected chi connectivity index (χ2v) is 9.56. The number of amides is 1. The molecule has 2 N–H and O–H groups in total. The van der Waals surface area contributed by atoms with Crippen LogP contribution in [0.25, 0.3) is 11.1 Å². The third-order valence-electron chi connectivity index (χ3n) is 6.62. The number of phenols is 1. The summed E-state index contributed by atoms with van der Waals surface area (Å²) in [5.74, 6) is -1.50. The molecular formula is C31H24F3N3O4. The van der Waals surface area contributed by atoms with Crippen molar-refractivity contribution in [2.75, 3.05) is 17.4 Å². The van der Waals surface area contributed by atoms with E-state index < -0.39 is 23.6 Å². The van der Waals surface area contributed by atoms with Crippen LogP contribution in [0, 0.1) is 13.8 Å². The van der Waals surface area contributed by atoms with Crippen molar-refractivity contribution in [1.82, 2.24) is 0 Å². The van der Waals surface area contributed by atoms with Crippen molar-refractivity contribution in [1.29, 1.82) is 0 Å². The summed E-state index contributed by atoms with van der Waals surface area (Å²) in [5.41, 5.74) is 5.32. The summed E-state index contributed by atoms with van der Waals surface area (Å²) in [7, 11) is 1.20. The van der Waals surface area contributed by atoms with E-state index in [9.17, 15) is 27.9 Å². The fourth-order valence-corrected chi connectivity index (χ4v) is 4.69. The summed E-state index contributed by atoms with van der Waals surface area (Å²) < 4.78 is 45.6. The zero-order valence-electron chi connectivity index (χ0n) is 22.2. The van der Waals surface area contributed by atoms with Crippen molar-refractivity contribution in [2.45, 2.75) is 20.0 Å². The molecule has 0 saturated heterocycles. The lowest BCUT2D eigenvalue weighted by Crippen LogP contribution is -2.26. The van der Waals surface area contributed by atoms with Gasteiger partial charge < -0.3 is 9.84 Å². The predicted octanol–water partition coefficient (Wildman–Crippen LogP) is 6.98. The highest BCUT2D eigenvalue weighted by molar-refractivity contribution is 6.55. The highest BCUT2D eigenvalue weighted by Gasteiger charge is 2.39. The van der Waals surface area contributed by atoms with Gasteiger partial charge in [-0.05, 0) is 73.5 Å². The molecule has 0 spiro atoms. The smallest absolute Gasteiger partial charge is 0.416 e. The Kier molecular flexibility index (Phi) is 7.00. The van der Waals surface area contributed by atoms with Gasteiger partial charge in [0.1, 0.15) is 5.75 Å². The molecule has 1 aliphatic heterocycles. The van der Waals surface area contributed by atoms with Gasteiger partial charge in [-0.1, -0.05) is 35.9 Å². The number of nitrogens with zero attached hydrogens (tertiary/aromatic N) is 2. The third kappa shape index (κ3) is 5.23. The Morgan fingerprint density at radius 3 is 2.39 bits per heavy atom. The zero-order chi connectivity index (χ0) is 29.5. The number of anilines is 3. The molecule has 208 valence electrons. The van der Waals surface area contributed by atoms with Gasteiger partial charge in [-0.3, -0.25) is 15.1 Å². The summed E-state index contributed by atoms with van der Waals surface area (Å²) in [5, 5.41) is 15.3. The number of rotatable bonds is 5. The molecule has 0 unspecified atom stereocenters. The van der Waals surface area contributed by atoms with Gasteiger partial charge in [-0.25, -0.2) is 4.79 Å². The molecule has 0 bridgehead atoms. The van der Waals surface area contributed by atoms with Crippen LogP contribution in [0.15, 0.2) is 84.0 Å². The Morgan fingerprint density at radius 1 is 0.927 bits per heavy atom. The van der Waals surface area contributed by atoms with Gasteiger partial charge in [-0.2, -0.15) is 18.3 Å². The quantitative estimate of drug-likeness (QED) is 0.156. The number of ether oxygens (including phenoxy) is 1. The van der Waals surface area contributed by atoms with Gasteiger partial charge in [0.2, 0.25) is 0 Å². The standard InChI is InChI=1S/C31H24F3N3O4/c1-17-6-4-7-19(12-17)24-13-18(2)14-25(28(24)38)35-36-27-23-11-10-21(31(32,33)34)16-26(23)37(29(27)39)22-9-5-8-20(15-22)30(40)41-3/h4-16,35,38H,1-3H3. The number of benzene rings is 4. The minimum atomic E-state index is -4.66. The van der Waals surface area contributed by atoms with E-state index in [0.29, 0.717) is 5.56 Å². The van der Waals surface area contributed by atoms with Crippen molar-refractivity contribution in [2.24, 2.45) is 5.10 Å². The Balaban J connectivity index is 1.60. The number of nitrogens with one attached hydrogen (secondary N) is 1. The molecule has 0 aromatic heterocycles. The first kappa shape index (κ1) is 27.4. The molecule has 7 nitrogen and oxygen atoms in total. The maximum atomic E-state index is 13.7. The molecule has 1 heterocycles. The predicted molar refractivity (Wildman–Crippen MR) is 150 cm³/mol. The zero-order valence-corrected chi connectivity index (χ0v) is 22.2. The number of esters is 1. The highest BCUT2D eigenvalue weighted by Crippen LogP contribution is 2.41. The molecule has 0 radical (unpaired) electrons. The average Bonchev–Trinajstić information content (AvgIpc) is 3.22. The van der Waals surface area contributed by atoms with E-state index >= 15 is 0 Å². The fourth-order valence-electron chi connectivity index (χ4n) is 4.69. The number of carbonyl (C=O) groups excluding carboxylic acids is 2. The van der Waals surface area contributed by atoms with E-state index in [1.165, 1.54) is 37.4 Å². The van der Waals surface area contributed by atoms with E-state index in [4.69, 9.17) is 4.74 Å². The Bertz CT molecular complexity index is 1730. The van der Waals surface area contributed by atoms with Crippen molar-refractivity contribution in [3.05, 3.63) is 107 Å². The number of hydrogen-bond donors (Lipinski definition) is 2. The van der Waals surface area contributed by atoms with Crippen molar-refractivity contribution in [3.8, 4) is 16.9 Å². The summed E-state index contributed by atoms with van der Waals surface area (Å²) in [6.45, 7) is 3.77. The van der Waals surface area contributed by atoms with Crippen LogP contribution in [0.2, 0.25) is 0 Å². The number of aryl methyl sites for hydroxylation is 2. The summed E-state index contributed by atoms with van der Waals surface area (Å²) in [6.07, 6.45) is -4.66. The number of carbonyl (C=O) groups is 2. The lowest BCUT2D eigenvalue weighted by Gasteiger charge is -2.18. The molecular weight excluding hydrogens is 535 g/mol. The molecule has 4 aromatic rings. The topological polar surface area (TPSA) is 91.2 Å². The van der Waals surface area contributed by atoms with Crippen LogP contribution in [0.4, 0.5) is 30.2 Å². The number of methoxy groups -OCH3 is 1. The molecule has 0 saturated carbocycles. The van der Waals surface area contributed by atoms with Crippen LogP contribution in [0.3, 0.4) is 0 Å². The van der Waals surface area contributed by atoms with Crippen molar-refractivity contribution in [3.63, 3.8) is 0 Å². The van der Waals surface area contributed by atoms with Crippen molar-refractivity contribution < 1.29 is 32.6 Å². The Hall–Kier alpha value is -5.12. The lowest BCUT2D eigenvalue weighted by atomic mass is 10.00. The van der Waals surface area contributed by atoms with Crippen LogP contribution in [-0.4, -0.2) is 29.8 Å². The van der Waals surface area contributed by atoms with E-state index in [1.54, 1.807) is 6.07 Å². The second kappa shape index (κ2) is 10.5. The Labute approximate surface area is 233 Å². The molecule has 0 atom stereocenters. The van der Waals surface area contributed by atoms with Gasteiger partial charge in [0.25, 0.3) is 5.91 Å². The number of phenolic OH excluding ortho intramolecular Hbond substituents is 1. The summed E-state index contributed by atoms with van der Waals surface area (Å²) >= 11 is 0. The minimum absolute atomic E-state index is 0.0543. The van der Waals surface area contributed by atoms with Gasteiger partial charge in [0, 0.05) is 11.1 Å². The molecule has 41 heavy (non-hydrogen) atoms. The van der Waals surface area contributed by atoms with Crippen LogP contribution in [0.5, 0.6) is 5.75 Å². The molecule has 0 aliphatic carbocycles. The van der Waals surface area contributed by atoms with E-state index in [0.717, 1.165) is 33.7 Å². The van der Waals surface area contributed by atoms with E-state index in [1.807, 2.05) is 44.2 Å². The van der Waals surface area contributed by atoms with Crippen LogP contribution in [-0.2, 0) is 15.7 Å². The van der Waals surface area contributed by atoms with Gasteiger partial charge in [-0.15, -0.1) is 0 Å². The third-order valence-corrected chi connectivity index (χ3v) is 6.62. The maximum Gasteiger partial charge on any atom is 0.416 e. The second-order valence-electron chi connectivity index (χ2n) is 9.56. The fraction of sp³-hybridized carbons (Fsp3) is 0.129. The summed E-state index contributed by atoms with van der Waals surface area (Å²) in [4.78, 5) is 26.8. The van der Waals surface area contributed by atoms with Gasteiger partial charge >= 0.3 is 12.1 Å². The Morgan fingerprint density at radius 2 is 1.68 bits per heavy atom. The first-order chi connectivity index (χ1) is 19.5. The van der Waals surface area contributed by atoms with Crippen LogP contribution in [0.1, 0.15) is 32.6 Å². The highest BCUT2D eigenvalue weighted by atomic mass is 19.4. The number of hydrogen-bond acceptors (Lipinski definition) is 6. The molecule has 5 rings (SSSR count). The minimum Gasteiger partial charge on any atom is -0.505 e. The maximum absolute atomic E-state index is 13.7. The monoisotopic (exact) mass is 559 g/mol. The van der Waals surface area contributed by atoms with E-state index in [-0.39, 0.29) is 39.7 Å².